The Morgan fingerprint density at radius 1 is 1.12 bits per heavy atom. The quantitative estimate of drug-likeness (QED) is 0.381. The van der Waals surface area contributed by atoms with Crippen molar-refractivity contribution in [3.8, 4) is 0 Å². The zero-order valence-corrected chi connectivity index (χ0v) is 12.3. The fourth-order valence-corrected chi connectivity index (χ4v) is 1.70. The van der Waals surface area contributed by atoms with E-state index in [0.717, 1.165) is 0 Å². The third-order valence-electron chi connectivity index (χ3n) is 2.86. The maximum Gasteiger partial charge on any atom is 0.454 e. The number of hydrogen-bond donors (Lipinski definition) is 2. The van der Waals surface area contributed by atoms with E-state index in [2.05, 4.69) is 15.5 Å². The van der Waals surface area contributed by atoms with E-state index < -0.39 is 12.0 Å². The number of nitrogens with two attached hydrogens (primary N) is 1. The van der Waals surface area contributed by atoms with Crippen molar-refractivity contribution in [2.45, 2.75) is 6.18 Å². The zero-order chi connectivity index (χ0) is 17.6. The number of allylic oxidation sites excluding steroid dienone is 1. The first-order valence-corrected chi connectivity index (χ1v) is 6.77. The van der Waals surface area contributed by atoms with E-state index in [1.807, 2.05) is 0 Å². The molecule has 0 aliphatic rings. The second kappa shape index (κ2) is 7.40. The van der Waals surface area contributed by atoms with Gasteiger partial charge in [-0.1, -0.05) is 36.4 Å². The van der Waals surface area contributed by atoms with E-state index >= 15 is 0 Å². The van der Waals surface area contributed by atoms with Gasteiger partial charge in [-0.25, -0.2) is 0 Å². The van der Waals surface area contributed by atoms with Crippen LogP contribution in [-0.4, -0.2) is 22.8 Å². The minimum atomic E-state index is -4.97. The summed E-state index contributed by atoms with van der Waals surface area (Å²) in [7, 11) is 0. The van der Waals surface area contributed by atoms with E-state index in [0.29, 0.717) is 17.3 Å². The topological polar surface area (TPSA) is 80.4 Å². The molecule has 8 heteroatoms. The van der Waals surface area contributed by atoms with Crippen LogP contribution in [0.25, 0.3) is 5.70 Å². The van der Waals surface area contributed by atoms with Crippen LogP contribution in [-0.2, 0) is 4.79 Å². The number of amidine groups is 1. The van der Waals surface area contributed by atoms with Gasteiger partial charge < -0.3 is 5.73 Å². The summed E-state index contributed by atoms with van der Waals surface area (Å²) in [6.45, 7) is 0. The molecule has 0 atom stereocenters. The van der Waals surface area contributed by atoms with Crippen molar-refractivity contribution in [1.29, 1.82) is 0 Å². The number of halogens is 3. The van der Waals surface area contributed by atoms with Gasteiger partial charge in [0, 0.05) is 12.3 Å². The van der Waals surface area contributed by atoms with E-state index in [1.54, 1.807) is 36.4 Å². The summed E-state index contributed by atoms with van der Waals surface area (Å²) in [5, 5.41) is 3.80. The Morgan fingerprint density at radius 3 is 2.38 bits per heavy atom. The zero-order valence-electron chi connectivity index (χ0n) is 12.3. The lowest BCUT2D eigenvalue weighted by Crippen LogP contribution is -2.23. The monoisotopic (exact) mass is 334 g/mol. The Balaban J connectivity index is 2.31. The van der Waals surface area contributed by atoms with Crippen LogP contribution in [0.5, 0.6) is 0 Å². The number of pyridine rings is 1. The molecule has 0 amide bonds. The molecule has 0 saturated carbocycles. The molecule has 124 valence electrons. The second-order valence-electron chi connectivity index (χ2n) is 4.61. The summed E-state index contributed by atoms with van der Waals surface area (Å²) in [4.78, 5) is 15.2. The molecule has 0 bridgehead atoms. The summed E-state index contributed by atoms with van der Waals surface area (Å²) in [5.74, 6) is -2.03. The van der Waals surface area contributed by atoms with Gasteiger partial charge in [0.05, 0.1) is 5.70 Å². The summed E-state index contributed by atoms with van der Waals surface area (Å²) in [6, 6.07) is 13.0. The van der Waals surface area contributed by atoms with Crippen molar-refractivity contribution in [1.82, 2.24) is 10.4 Å². The van der Waals surface area contributed by atoms with Crippen LogP contribution >= 0.6 is 0 Å². The molecule has 0 saturated heterocycles. The molecule has 2 aromatic rings. The number of ketones is 1. The van der Waals surface area contributed by atoms with Gasteiger partial charge in [-0.3, -0.25) is 15.2 Å². The number of carbonyl (C=O) groups is 1. The average Bonchev–Trinajstić information content (AvgIpc) is 2.58. The van der Waals surface area contributed by atoms with Gasteiger partial charge in [-0.15, -0.1) is 0 Å². The molecule has 0 fully saturated rings. The lowest BCUT2D eigenvalue weighted by atomic mass is 10.1. The van der Waals surface area contributed by atoms with Crippen LogP contribution in [0.2, 0.25) is 0 Å². The highest BCUT2D eigenvalue weighted by atomic mass is 19.4. The number of hydrazone groups is 1. The maximum atomic E-state index is 12.5. The van der Waals surface area contributed by atoms with E-state index in [1.165, 1.54) is 18.3 Å². The highest BCUT2D eigenvalue weighted by Crippen LogP contribution is 2.20. The Morgan fingerprint density at radius 2 is 1.79 bits per heavy atom. The third-order valence-corrected chi connectivity index (χ3v) is 2.86. The first-order chi connectivity index (χ1) is 11.4. The Labute approximate surface area is 135 Å². The lowest BCUT2D eigenvalue weighted by Gasteiger charge is -2.09. The highest BCUT2D eigenvalue weighted by Gasteiger charge is 2.36. The van der Waals surface area contributed by atoms with Crippen molar-refractivity contribution >= 4 is 17.3 Å². The Kier molecular flexibility index (Phi) is 5.31. The van der Waals surface area contributed by atoms with Crippen LogP contribution in [0.3, 0.4) is 0 Å². The van der Waals surface area contributed by atoms with Gasteiger partial charge in [-0.05, 0) is 17.7 Å². The molecule has 0 radical (unpaired) electrons. The molecule has 1 aromatic heterocycles. The summed E-state index contributed by atoms with van der Waals surface area (Å²) in [5.41, 5.74) is 8.70. The largest absolute Gasteiger partial charge is 0.454 e. The Bertz CT molecular complexity index is 756. The van der Waals surface area contributed by atoms with Crippen LogP contribution < -0.4 is 11.2 Å². The van der Waals surface area contributed by atoms with Crippen LogP contribution in [0.4, 0.5) is 13.2 Å². The molecule has 1 aromatic carbocycles. The molecule has 0 unspecified atom stereocenters. The molecule has 0 spiro atoms. The number of rotatable bonds is 5. The number of carbonyl (C=O) groups excluding carboxylic acids is 1. The lowest BCUT2D eigenvalue weighted by molar-refractivity contribution is -0.165. The molecule has 0 aliphatic heterocycles. The first-order valence-electron chi connectivity index (χ1n) is 6.77. The molecule has 2 rings (SSSR count). The molecule has 1 heterocycles. The van der Waals surface area contributed by atoms with Gasteiger partial charge >= 0.3 is 6.18 Å². The summed E-state index contributed by atoms with van der Waals surface area (Å²) < 4.78 is 37.5. The van der Waals surface area contributed by atoms with Crippen molar-refractivity contribution in [3.05, 3.63) is 72.1 Å². The molecule has 5 nitrogen and oxygen atoms in total. The molecule has 3 N–H and O–H groups in total. The number of nitrogens with one attached hydrogen (secondary N) is 1. The maximum absolute atomic E-state index is 12.5. The van der Waals surface area contributed by atoms with Gasteiger partial charge in [0.25, 0.3) is 5.78 Å². The van der Waals surface area contributed by atoms with Gasteiger partial charge in [0.15, 0.2) is 5.84 Å². The molecular formula is C16H13F3N4O. The van der Waals surface area contributed by atoms with Gasteiger partial charge in [0.2, 0.25) is 0 Å². The Hall–Kier alpha value is -3.16. The van der Waals surface area contributed by atoms with Crippen molar-refractivity contribution in [2.75, 3.05) is 0 Å². The minimum absolute atomic E-state index is 0.0307. The van der Waals surface area contributed by atoms with Crippen molar-refractivity contribution < 1.29 is 18.0 Å². The van der Waals surface area contributed by atoms with Crippen molar-refractivity contribution in [3.63, 3.8) is 0 Å². The third kappa shape index (κ3) is 4.67. The van der Waals surface area contributed by atoms with Crippen LogP contribution in [0.1, 0.15) is 11.3 Å². The summed E-state index contributed by atoms with van der Waals surface area (Å²) >= 11 is 0. The van der Waals surface area contributed by atoms with Gasteiger partial charge in [0.1, 0.15) is 5.69 Å². The number of alkyl halides is 3. The summed E-state index contributed by atoms with van der Waals surface area (Å²) in [6.07, 6.45) is -3.04. The van der Waals surface area contributed by atoms with Crippen LogP contribution in [0.15, 0.2) is 65.9 Å². The fourth-order valence-electron chi connectivity index (χ4n) is 1.70. The molecule has 0 aliphatic carbocycles. The minimum Gasteiger partial charge on any atom is -0.380 e. The number of nitrogens with zero attached hydrogens (tertiary/aromatic N) is 2. The predicted molar refractivity (Wildman–Crippen MR) is 83.6 cm³/mol. The SMILES string of the molecule is N/C(=N\N/C(=C\C(=O)C(F)(F)F)c1ccccc1)c1ccccn1. The highest BCUT2D eigenvalue weighted by molar-refractivity contribution is 6.00. The smallest absolute Gasteiger partial charge is 0.380 e. The van der Waals surface area contributed by atoms with E-state index in [9.17, 15) is 18.0 Å². The normalized spacial score (nSPS) is 12.8. The fraction of sp³-hybridized carbons (Fsp3) is 0.0625. The standard InChI is InChI=1S/C16H13F3N4O/c17-16(18,19)14(24)10-13(11-6-2-1-3-7-11)22-23-15(20)12-8-4-5-9-21-12/h1-10,22H,(H2,20,23)/b13-10-. The van der Waals surface area contributed by atoms with E-state index in [4.69, 9.17) is 5.73 Å². The average molecular weight is 334 g/mol. The molecule has 24 heavy (non-hydrogen) atoms. The predicted octanol–water partition coefficient (Wildman–Crippen LogP) is 2.46. The van der Waals surface area contributed by atoms with E-state index in [-0.39, 0.29) is 11.5 Å². The second-order valence-corrected chi connectivity index (χ2v) is 4.61. The van der Waals surface area contributed by atoms with Gasteiger partial charge in [-0.2, -0.15) is 18.3 Å². The number of hydrogen-bond acceptors (Lipinski definition) is 4. The molecular weight excluding hydrogens is 321 g/mol. The number of aromatic nitrogens is 1. The first kappa shape index (κ1) is 17.2. The van der Waals surface area contributed by atoms with Crippen LogP contribution in [0, 0.1) is 0 Å². The van der Waals surface area contributed by atoms with Crippen molar-refractivity contribution in [2.24, 2.45) is 10.8 Å². The number of benzene rings is 1.